The molecule has 20 heavy (non-hydrogen) atoms. The average molecular weight is 301 g/mol. The molecule has 1 saturated carbocycles. The van der Waals surface area contributed by atoms with E-state index in [1.54, 1.807) is 0 Å². The van der Waals surface area contributed by atoms with Crippen LogP contribution < -0.4 is 10.5 Å². The molecule has 1 aliphatic carbocycles. The molecule has 3 N–H and O–H groups in total. The molecule has 7 heteroatoms. The highest BCUT2D eigenvalue weighted by Crippen LogP contribution is 2.36. The Labute approximate surface area is 119 Å². The predicted molar refractivity (Wildman–Crippen MR) is 76.5 cm³/mol. The summed E-state index contributed by atoms with van der Waals surface area (Å²) < 4.78 is 36.2. The summed E-state index contributed by atoms with van der Waals surface area (Å²) in [5, 5.41) is 8.03. The molecule has 0 saturated heterocycles. The molecule has 112 valence electrons. The number of nitrogens with two attached hydrogens (primary N) is 1. The quantitative estimate of drug-likeness (QED) is 0.861. The van der Waals surface area contributed by atoms with Crippen molar-refractivity contribution in [2.75, 3.05) is 26.0 Å². The van der Waals surface area contributed by atoms with Crippen molar-refractivity contribution in [2.24, 2.45) is 5.14 Å². The van der Waals surface area contributed by atoms with E-state index in [1.807, 2.05) is 14.1 Å². The summed E-state index contributed by atoms with van der Waals surface area (Å²) in [6.07, 6.45) is 3.32. The van der Waals surface area contributed by atoms with Gasteiger partial charge in [0.1, 0.15) is 5.82 Å². The largest absolute Gasteiger partial charge is 0.381 e. The first kappa shape index (κ1) is 15.2. The van der Waals surface area contributed by atoms with Crippen molar-refractivity contribution < 1.29 is 12.8 Å². The lowest BCUT2D eigenvalue weighted by molar-refractivity contribution is 0.0738. The van der Waals surface area contributed by atoms with Crippen molar-refractivity contribution in [3.05, 3.63) is 24.0 Å². The van der Waals surface area contributed by atoms with Crippen LogP contribution in [-0.2, 0) is 10.0 Å². The lowest BCUT2D eigenvalue weighted by Crippen LogP contribution is -2.54. The van der Waals surface area contributed by atoms with Crippen LogP contribution in [0.3, 0.4) is 0 Å². The number of anilines is 1. The molecule has 5 nitrogen and oxygen atoms in total. The molecule has 0 amide bonds. The lowest BCUT2D eigenvalue weighted by atomic mass is 9.75. The molecule has 2 rings (SSSR count). The first-order chi connectivity index (χ1) is 9.24. The van der Waals surface area contributed by atoms with Gasteiger partial charge < -0.3 is 10.2 Å². The molecule has 1 aromatic rings. The summed E-state index contributed by atoms with van der Waals surface area (Å²) in [5.74, 6) is -0.607. The van der Waals surface area contributed by atoms with Crippen molar-refractivity contribution in [1.82, 2.24) is 4.90 Å². The summed E-state index contributed by atoms with van der Waals surface area (Å²) >= 11 is 0. The summed E-state index contributed by atoms with van der Waals surface area (Å²) in [4.78, 5) is 1.94. The number of hydrogen-bond donors (Lipinski definition) is 2. The minimum absolute atomic E-state index is 0.0606. The van der Waals surface area contributed by atoms with E-state index in [2.05, 4.69) is 10.2 Å². The van der Waals surface area contributed by atoms with Crippen LogP contribution in [0.25, 0.3) is 0 Å². The van der Waals surface area contributed by atoms with Crippen molar-refractivity contribution in [3.63, 3.8) is 0 Å². The number of rotatable bonds is 5. The number of primary sulfonamides is 1. The molecule has 0 bridgehead atoms. The van der Waals surface area contributed by atoms with Crippen molar-refractivity contribution in [1.29, 1.82) is 0 Å². The molecule has 0 aromatic heterocycles. The van der Waals surface area contributed by atoms with Crippen LogP contribution in [0.4, 0.5) is 10.1 Å². The van der Waals surface area contributed by atoms with E-state index in [9.17, 15) is 12.8 Å². The Morgan fingerprint density at radius 2 is 2.05 bits per heavy atom. The van der Waals surface area contributed by atoms with E-state index in [0.29, 0.717) is 12.2 Å². The van der Waals surface area contributed by atoms with E-state index in [0.717, 1.165) is 18.9 Å². The number of sulfonamides is 1. The van der Waals surface area contributed by atoms with Gasteiger partial charge in [-0.05, 0) is 51.6 Å². The monoisotopic (exact) mass is 301 g/mol. The van der Waals surface area contributed by atoms with E-state index in [4.69, 9.17) is 5.14 Å². The third-order valence-corrected chi connectivity index (χ3v) is 5.02. The second kappa shape index (κ2) is 5.31. The fourth-order valence-electron chi connectivity index (χ4n) is 2.44. The van der Waals surface area contributed by atoms with Crippen LogP contribution in [0.1, 0.15) is 19.3 Å². The average Bonchev–Trinajstić information content (AvgIpc) is 2.27. The topological polar surface area (TPSA) is 75.4 Å². The van der Waals surface area contributed by atoms with Gasteiger partial charge in [-0.25, -0.2) is 17.9 Å². The summed E-state index contributed by atoms with van der Waals surface area (Å²) in [7, 11) is 0.162. The number of benzene rings is 1. The number of halogens is 1. The summed E-state index contributed by atoms with van der Waals surface area (Å²) in [5.41, 5.74) is 0.357. The summed E-state index contributed by atoms with van der Waals surface area (Å²) in [6.45, 7) is 0.631. The molecule has 0 radical (unpaired) electrons. The highest BCUT2D eigenvalue weighted by Gasteiger charge is 2.38. The van der Waals surface area contributed by atoms with Crippen molar-refractivity contribution in [2.45, 2.75) is 29.7 Å². The minimum Gasteiger partial charge on any atom is -0.381 e. The van der Waals surface area contributed by atoms with Crippen molar-refractivity contribution >= 4 is 15.7 Å². The van der Waals surface area contributed by atoms with Gasteiger partial charge in [0, 0.05) is 12.1 Å². The fourth-order valence-corrected chi connectivity index (χ4v) is 2.97. The predicted octanol–water partition coefficient (Wildman–Crippen LogP) is 1.37. The fraction of sp³-hybridized carbons (Fsp3) is 0.538. The van der Waals surface area contributed by atoms with Gasteiger partial charge in [0.25, 0.3) is 0 Å². The molecular formula is C13H20FN3O2S. The van der Waals surface area contributed by atoms with Gasteiger partial charge in [-0.1, -0.05) is 0 Å². The highest BCUT2D eigenvalue weighted by atomic mass is 32.2. The van der Waals surface area contributed by atoms with Crippen LogP contribution in [0.2, 0.25) is 0 Å². The molecule has 0 spiro atoms. The number of likely N-dealkylation sites (N-methyl/N-ethyl adjacent to an activating group) is 1. The zero-order chi connectivity index (χ0) is 15.0. The first-order valence-corrected chi connectivity index (χ1v) is 8.03. The van der Waals surface area contributed by atoms with Crippen LogP contribution in [0.5, 0.6) is 0 Å². The van der Waals surface area contributed by atoms with Crippen LogP contribution in [0.15, 0.2) is 23.1 Å². The highest BCUT2D eigenvalue weighted by molar-refractivity contribution is 7.89. The van der Waals surface area contributed by atoms with Gasteiger partial charge in [-0.2, -0.15) is 0 Å². The number of hydrogen-bond acceptors (Lipinski definition) is 4. The maximum atomic E-state index is 13.9. The molecule has 1 aliphatic rings. The SMILES string of the molecule is CN(C)C1(CNc2ccc(S(N)(=O)=O)cc2F)CCC1. The van der Waals surface area contributed by atoms with Crippen LogP contribution in [-0.4, -0.2) is 39.5 Å². The zero-order valence-electron chi connectivity index (χ0n) is 11.7. The standard InChI is InChI=1S/C13H20FN3O2S/c1-17(2)13(6-3-7-13)9-16-12-5-4-10(8-11(12)14)20(15,18)19/h4-5,8,16H,3,6-7,9H2,1-2H3,(H2,15,18,19). The maximum absolute atomic E-state index is 13.9. The number of nitrogens with zero attached hydrogens (tertiary/aromatic N) is 1. The van der Waals surface area contributed by atoms with E-state index >= 15 is 0 Å². The van der Waals surface area contributed by atoms with Gasteiger partial charge in [0.2, 0.25) is 10.0 Å². The molecular weight excluding hydrogens is 281 g/mol. The Morgan fingerprint density at radius 1 is 1.40 bits per heavy atom. The molecule has 0 heterocycles. The maximum Gasteiger partial charge on any atom is 0.238 e. The van der Waals surface area contributed by atoms with Gasteiger partial charge in [0.05, 0.1) is 10.6 Å². The Balaban J connectivity index is 2.11. The number of nitrogens with one attached hydrogen (secondary N) is 1. The Hall–Kier alpha value is -1.18. The van der Waals surface area contributed by atoms with E-state index < -0.39 is 15.8 Å². The molecule has 1 fully saturated rings. The third-order valence-electron chi connectivity index (χ3n) is 4.11. The second-order valence-corrected chi connectivity index (χ2v) is 7.07. The van der Waals surface area contributed by atoms with Crippen molar-refractivity contribution in [3.8, 4) is 0 Å². The Bertz CT molecular complexity index is 598. The molecule has 0 aliphatic heterocycles. The van der Waals surface area contributed by atoms with Gasteiger partial charge in [-0.3, -0.25) is 0 Å². The third kappa shape index (κ3) is 2.94. The molecule has 1 aromatic carbocycles. The lowest BCUT2D eigenvalue weighted by Gasteiger charge is -2.47. The smallest absolute Gasteiger partial charge is 0.238 e. The van der Waals surface area contributed by atoms with Gasteiger partial charge in [0.15, 0.2) is 0 Å². The first-order valence-electron chi connectivity index (χ1n) is 6.48. The van der Waals surface area contributed by atoms with E-state index in [1.165, 1.54) is 18.6 Å². The Morgan fingerprint density at radius 3 is 2.45 bits per heavy atom. The Kier molecular flexibility index (Phi) is 4.04. The molecule has 0 atom stereocenters. The van der Waals surface area contributed by atoms with Crippen LogP contribution >= 0.6 is 0 Å². The van der Waals surface area contributed by atoms with E-state index in [-0.39, 0.29) is 10.4 Å². The normalized spacial score (nSPS) is 17.9. The second-order valence-electron chi connectivity index (χ2n) is 5.51. The minimum atomic E-state index is -3.87. The van der Waals surface area contributed by atoms with Crippen LogP contribution in [0, 0.1) is 5.82 Å². The van der Waals surface area contributed by atoms with Gasteiger partial charge >= 0.3 is 0 Å². The van der Waals surface area contributed by atoms with Gasteiger partial charge in [-0.15, -0.1) is 0 Å². The molecule has 0 unspecified atom stereocenters. The zero-order valence-corrected chi connectivity index (χ0v) is 12.5. The summed E-state index contributed by atoms with van der Waals surface area (Å²) in [6, 6.07) is 3.67.